The normalized spacial score (nSPS) is 22.8. The van der Waals surface area contributed by atoms with E-state index in [2.05, 4.69) is 0 Å². The highest BCUT2D eigenvalue weighted by Gasteiger charge is 2.39. The summed E-state index contributed by atoms with van der Waals surface area (Å²) in [5.41, 5.74) is 0.831. The van der Waals surface area contributed by atoms with Crippen molar-refractivity contribution in [2.24, 2.45) is 11.8 Å². The minimum atomic E-state index is -0.895. The number of rotatable bonds is 4. The Bertz CT molecular complexity index is 529. The smallest absolute Gasteiger partial charge is 0.307 e. The van der Waals surface area contributed by atoms with Crippen LogP contribution in [0.5, 0.6) is 0 Å². The molecule has 0 heterocycles. The van der Waals surface area contributed by atoms with E-state index in [4.69, 9.17) is 0 Å². The number of carbonyl (C=O) groups excluding carboxylic acids is 1. The Balaban J connectivity index is 2.11. The average molecular weight is 293 g/mol. The van der Waals surface area contributed by atoms with Crippen LogP contribution in [0.3, 0.4) is 0 Å². The quantitative estimate of drug-likeness (QED) is 0.928. The molecule has 1 fully saturated rings. The second-order valence-corrected chi connectivity index (χ2v) is 5.66. The first-order chi connectivity index (χ1) is 9.91. The van der Waals surface area contributed by atoms with Gasteiger partial charge in [-0.2, -0.15) is 0 Å². The van der Waals surface area contributed by atoms with Crippen LogP contribution in [0.2, 0.25) is 0 Å². The third-order valence-corrected chi connectivity index (χ3v) is 4.43. The van der Waals surface area contributed by atoms with E-state index in [0.29, 0.717) is 12.8 Å². The Labute approximate surface area is 123 Å². The van der Waals surface area contributed by atoms with Gasteiger partial charge in [-0.05, 0) is 37.5 Å². The van der Waals surface area contributed by atoms with Gasteiger partial charge in [0, 0.05) is 7.05 Å². The van der Waals surface area contributed by atoms with Crippen molar-refractivity contribution in [2.45, 2.75) is 32.2 Å². The molecule has 3 atom stereocenters. The van der Waals surface area contributed by atoms with Crippen LogP contribution in [0.25, 0.3) is 0 Å². The van der Waals surface area contributed by atoms with Crippen LogP contribution >= 0.6 is 0 Å². The monoisotopic (exact) mass is 293 g/mol. The third-order valence-electron chi connectivity index (χ3n) is 4.43. The molecule has 21 heavy (non-hydrogen) atoms. The molecule has 3 unspecified atom stereocenters. The second-order valence-electron chi connectivity index (χ2n) is 5.66. The first kappa shape index (κ1) is 15.5. The van der Waals surface area contributed by atoms with Crippen molar-refractivity contribution in [2.75, 3.05) is 7.05 Å². The standard InChI is InChI=1S/C16H20FNO3/c1-10(11-6-8-12(17)9-7-11)18(2)15(19)13-4-3-5-14(13)16(20)21/h6-10,13-14H,3-5H2,1-2H3,(H,20,21). The van der Waals surface area contributed by atoms with Gasteiger partial charge in [-0.3, -0.25) is 9.59 Å². The average Bonchev–Trinajstić information content (AvgIpc) is 2.95. The van der Waals surface area contributed by atoms with Crippen LogP contribution in [0, 0.1) is 17.7 Å². The molecule has 1 aromatic rings. The van der Waals surface area contributed by atoms with Gasteiger partial charge in [0.1, 0.15) is 5.82 Å². The van der Waals surface area contributed by atoms with Crippen molar-refractivity contribution in [1.82, 2.24) is 4.90 Å². The molecule has 1 amide bonds. The second kappa shape index (κ2) is 6.24. The number of carbonyl (C=O) groups is 2. The maximum absolute atomic E-state index is 12.9. The van der Waals surface area contributed by atoms with Crippen LogP contribution in [0.15, 0.2) is 24.3 Å². The van der Waals surface area contributed by atoms with Gasteiger partial charge in [0.2, 0.25) is 5.91 Å². The zero-order chi connectivity index (χ0) is 15.6. The predicted octanol–water partition coefficient (Wildman–Crippen LogP) is 2.85. The largest absolute Gasteiger partial charge is 0.481 e. The molecule has 1 aromatic carbocycles. The summed E-state index contributed by atoms with van der Waals surface area (Å²) >= 11 is 0. The Morgan fingerprint density at radius 3 is 2.38 bits per heavy atom. The summed E-state index contributed by atoms with van der Waals surface area (Å²) < 4.78 is 12.9. The number of halogens is 1. The predicted molar refractivity (Wildman–Crippen MR) is 76.1 cm³/mol. The molecule has 4 nitrogen and oxygen atoms in total. The van der Waals surface area contributed by atoms with Crippen LogP contribution in [0.1, 0.15) is 37.8 Å². The number of carboxylic acid groups (broad SMARTS) is 1. The topological polar surface area (TPSA) is 57.6 Å². The van der Waals surface area contributed by atoms with Gasteiger partial charge in [0.25, 0.3) is 0 Å². The molecule has 2 rings (SSSR count). The molecule has 0 radical (unpaired) electrons. The van der Waals surface area contributed by atoms with E-state index in [0.717, 1.165) is 12.0 Å². The summed E-state index contributed by atoms with van der Waals surface area (Å²) in [7, 11) is 1.67. The molecule has 0 aliphatic heterocycles. The van der Waals surface area contributed by atoms with Gasteiger partial charge >= 0.3 is 5.97 Å². The van der Waals surface area contributed by atoms with Crippen molar-refractivity contribution in [3.05, 3.63) is 35.6 Å². The lowest BCUT2D eigenvalue weighted by Crippen LogP contribution is -2.38. The minimum absolute atomic E-state index is 0.142. The highest BCUT2D eigenvalue weighted by molar-refractivity contribution is 5.85. The SMILES string of the molecule is CC(c1ccc(F)cc1)N(C)C(=O)C1CCCC1C(=O)O. The number of amides is 1. The Kier molecular flexibility index (Phi) is 4.60. The van der Waals surface area contributed by atoms with E-state index in [-0.39, 0.29) is 17.8 Å². The molecule has 1 saturated carbocycles. The molecule has 1 aliphatic carbocycles. The summed E-state index contributed by atoms with van der Waals surface area (Å²) in [6.07, 6.45) is 1.95. The molecule has 0 bridgehead atoms. The van der Waals surface area contributed by atoms with Crippen LogP contribution in [-0.2, 0) is 9.59 Å². The van der Waals surface area contributed by atoms with Gasteiger partial charge in [0.05, 0.1) is 17.9 Å². The molecule has 5 heteroatoms. The minimum Gasteiger partial charge on any atom is -0.481 e. The number of hydrogen-bond donors (Lipinski definition) is 1. The van der Waals surface area contributed by atoms with Gasteiger partial charge in [0.15, 0.2) is 0 Å². The van der Waals surface area contributed by atoms with Gasteiger partial charge in [-0.25, -0.2) is 4.39 Å². The van der Waals surface area contributed by atoms with Crippen molar-refractivity contribution < 1.29 is 19.1 Å². The molecule has 0 saturated heterocycles. The number of benzene rings is 1. The molecular formula is C16H20FNO3. The maximum Gasteiger partial charge on any atom is 0.307 e. The highest BCUT2D eigenvalue weighted by atomic mass is 19.1. The number of nitrogens with zero attached hydrogens (tertiary/aromatic N) is 1. The summed E-state index contributed by atoms with van der Waals surface area (Å²) in [5, 5.41) is 9.19. The van der Waals surface area contributed by atoms with Crippen LogP contribution < -0.4 is 0 Å². The first-order valence-electron chi connectivity index (χ1n) is 7.16. The van der Waals surface area contributed by atoms with Crippen molar-refractivity contribution in [1.29, 1.82) is 0 Å². The summed E-state index contributed by atoms with van der Waals surface area (Å²) in [6, 6.07) is 5.80. The molecule has 1 aliphatic rings. The summed E-state index contributed by atoms with van der Waals surface area (Å²) in [6.45, 7) is 1.86. The lowest BCUT2D eigenvalue weighted by atomic mass is 9.94. The first-order valence-corrected chi connectivity index (χ1v) is 7.16. The molecule has 0 aromatic heterocycles. The number of carboxylic acids is 1. The summed E-state index contributed by atoms with van der Waals surface area (Å²) in [5.74, 6) is -2.39. The third kappa shape index (κ3) is 3.23. The van der Waals surface area contributed by atoms with Crippen molar-refractivity contribution in [3.8, 4) is 0 Å². The fourth-order valence-electron chi connectivity index (χ4n) is 2.97. The van der Waals surface area contributed by atoms with Gasteiger partial charge < -0.3 is 10.0 Å². The fraction of sp³-hybridized carbons (Fsp3) is 0.500. The highest BCUT2D eigenvalue weighted by Crippen LogP contribution is 2.34. The van der Waals surface area contributed by atoms with E-state index >= 15 is 0 Å². The zero-order valence-corrected chi connectivity index (χ0v) is 12.3. The van der Waals surface area contributed by atoms with E-state index in [1.807, 2.05) is 6.92 Å². The fourth-order valence-corrected chi connectivity index (χ4v) is 2.97. The van der Waals surface area contributed by atoms with E-state index in [1.54, 1.807) is 24.1 Å². The lowest BCUT2D eigenvalue weighted by Gasteiger charge is -2.29. The maximum atomic E-state index is 12.9. The Hall–Kier alpha value is -1.91. The van der Waals surface area contributed by atoms with E-state index in [9.17, 15) is 19.1 Å². The zero-order valence-electron chi connectivity index (χ0n) is 12.3. The Morgan fingerprint density at radius 1 is 1.24 bits per heavy atom. The molecule has 0 spiro atoms. The summed E-state index contributed by atoms with van der Waals surface area (Å²) in [4.78, 5) is 25.3. The van der Waals surface area contributed by atoms with E-state index < -0.39 is 17.8 Å². The van der Waals surface area contributed by atoms with Crippen molar-refractivity contribution >= 4 is 11.9 Å². The van der Waals surface area contributed by atoms with Crippen molar-refractivity contribution in [3.63, 3.8) is 0 Å². The van der Waals surface area contributed by atoms with Crippen LogP contribution in [0.4, 0.5) is 4.39 Å². The van der Waals surface area contributed by atoms with Gasteiger partial charge in [-0.1, -0.05) is 18.6 Å². The number of aliphatic carboxylic acids is 1. The van der Waals surface area contributed by atoms with Crippen LogP contribution in [-0.4, -0.2) is 28.9 Å². The van der Waals surface area contributed by atoms with E-state index in [1.165, 1.54) is 12.1 Å². The molecular weight excluding hydrogens is 273 g/mol. The molecule has 114 valence electrons. The van der Waals surface area contributed by atoms with Gasteiger partial charge in [-0.15, -0.1) is 0 Å². The Morgan fingerprint density at radius 2 is 1.81 bits per heavy atom. The molecule has 1 N–H and O–H groups in total. The number of hydrogen-bond acceptors (Lipinski definition) is 2. The lowest BCUT2D eigenvalue weighted by molar-refractivity contribution is -0.149.